The van der Waals surface area contributed by atoms with Crippen LogP contribution in [0, 0.1) is 12.7 Å². The molecule has 28 heavy (non-hydrogen) atoms. The molecule has 0 aliphatic carbocycles. The fourth-order valence-electron chi connectivity index (χ4n) is 3.20. The molecular weight excluding hydrogens is 359 g/mol. The quantitative estimate of drug-likeness (QED) is 0.513. The Bertz CT molecular complexity index is 1340. The monoisotopic (exact) mass is 374 g/mol. The fraction of sp³-hybridized carbons (Fsp3) is 0.100. The van der Waals surface area contributed by atoms with Crippen molar-refractivity contribution in [1.29, 1.82) is 0 Å². The van der Waals surface area contributed by atoms with Crippen molar-refractivity contribution in [3.05, 3.63) is 60.2 Å². The lowest BCUT2D eigenvalue weighted by Gasteiger charge is -2.09. The van der Waals surface area contributed by atoms with Crippen molar-refractivity contribution in [1.82, 2.24) is 29.7 Å². The van der Waals surface area contributed by atoms with Gasteiger partial charge in [-0.1, -0.05) is 12.1 Å². The molecular formula is C20H15FN6O. The first-order valence-electron chi connectivity index (χ1n) is 8.67. The molecule has 0 saturated heterocycles. The van der Waals surface area contributed by atoms with Gasteiger partial charge in [0.15, 0.2) is 5.65 Å². The number of aromatic nitrogens is 6. The minimum atomic E-state index is -0.387. The van der Waals surface area contributed by atoms with Gasteiger partial charge in [0.1, 0.15) is 28.1 Å². The third kappa shape index (κ3) is 2.42. The molecule has 0 aliphatic rings. The molecule has 4 aromatic heterocycles. The van der Waals surface area contributed by atoms with Gasteiger partial charge in [-0.2, -0.15) is 10.1 Å². The first kappa shape index (κ1) is 16.4. The van der Waals surface area contributed by atoms with Crippen LogP contribution in [0.2, 0.25) is 0 Å². The van der Waals surface area contributed by atoms with Crippen LogP contribution in [-0.4, -0.2) is 29.7 Å². The standard InChI is InChI=1S/C20H15FN6O/c1-11-13(21)10-23-18-16(11)25-26-17(18)12-6-3-4-8-15(12)28-20-24-14-7-5-9-22-19(14)27(20)2/h3-10H,1-2H3,(H,25,26). The summed E-state index contributed by atoms with van der Waals surface area (Å²) < 4.78 is 21.7. The van der Waals surface area contributed by atoms with Crippen molar-refractivity contribution in [2.75, 3.05) is 0 Å². The lowest BCUT2D eigenvalue weighted by atomic mass is 10.1. The lowest BCUT2D eigenvalue weighted by molar-refractivity contribution is 0.429. The van der Waals surface area contributed by atoms with E-state index in [1.54, 1.807) is 17.7 Å². The zero-order valence-electron chi connectivity index (χ0n) is 15.1. The number of imidazole rings is 1. The van der Waals surface area contributed by atoms with E-state index in [0.29, 0.717) is 34.1 Å². The Morgan fingerprint density at radius 3 is 2.79 bits per heavy atom. The number of aryl methyl sites for hydroxylation is 2. The fourth-order valence-corrected chi connectivity index (χ4v) is 3.20. The molecule has 0 bridgehead atoms. The highest BCUT2D eigenvalue weighted by molar-refractivity contribution is 5.92. The summed E-state index contributed by atoms with van der Waals surface area (Å²) in [6, 6.07) is 11.6. The van der Waals surface area contributed by atoms with E-state index < -0.39 is 0 Å². The Balaban J connectivity index is 1.64. The molecule has 7 nitrogen and oxygen atoms in total. The van der Waals surface area contributed by atoms with Crippen LogP contribution in [0.1, 0.15) is 5.56 Å². The minimum absolute atomic E-state index is 0.387. The van der Waals surface area contributed by atoms with Crippen LogP contribution in [0.15, 0.2) is 48.8 Å². The molecule has 0 unspecified atom stereocenters. The van der Waals surface area contributed by atoms with Crippen molar-refractivity contribution in [2.45, 2.75) is 6.92 Å². The number of halogens is 1. The van der Waals surface area contributed by atoms with Gasteiger partial charge in [-0.3, -0.25) is 9.67 Å². The molecule has 0 radical (unpaired) electrons. The maximum absolute atomic E-state index is 13.8. The summed E-state index contributed by atoms with van der Waals surface area (Å²) in [5.74, 6) is 0.192. The molecule has 1 aromatic carbocycles. The predicted molar refractivity (Wildman–Crippen MR) is 103 cm³/mol. The average Bonchev–Trinajstić information content (AvgIpc) is 3.28. The Labute approximate surface area is 158 Å². The Hall–Kier alpha value is -3.81. The number of nitrogens with one attached hydrogen (secondary N) is 1. The zero-order valence-corrected chi connectivity index (χ0v) is 15.1. The molecule has 138 valence electrons. The summed E-state index contributed by atoms with van der Waals surface area (Å²) in [6.07, 6.45) is 2.92. The second-order valence-electron chi connectivity index (χ2n) is 6.42. The number of para-hydroxylation sites is 1. The van der Waals surface area contributed by atoms with E-state index in [0.717, 1.165) is 16.7 Å². The van der Waals surface area contributed by atoms with Gasteiger partial charge >= 0.3 is 6.01 Å². The topological polar surface area (TPSA) is 81.5 Å². The number of H-pyrrole nitrogens is 1. The van der Waals surface area contributed by atoms with Crippen molar-refractivity contribution in [3.8, 4) is 23.0 Å². The predicted octanol–water partition coefficient (Wildman–Crippen LogP) is 4.15. The molecule has 0 fully saturated rings. The lowest BCUT2D eigenvalue weighted by Crippen LogP contribution is -1.97. The Morgan fingerprint density at radius 2 is 1.93 bits per heavy atom. The molecule has 0 aliphatic heterocycles. The third-order valence-corrected chi connectivity index (χ3v) is 4.71. The van der Waals surface area contributed by atoms with E-state index in [-0.39, 0.29) is 5.82 Å². The maximum Gasteiger partial charge on any atom is 0.303 e. The number of ether oxygens (including phenoxy) is 1. The van der Waals surface area contributed by atoms with E-state index in [1.807, 2.05) is 43.4 Å². The second kappa shape index (κ2) is 6.12. The molecule has 8 heteroatoms. The smallest absolute Gasteiger partial charge is 0.303 e. The molecule has 4 heterocycles. The van der Waals surface area contributed by atoms with Crippen LogP contribution >= 0.6 is 0 Å². The number of hydrogen-bond acceptors (Lipinski definition) is 5. The Kier molecular flexibility index (Phi) is 3.58. The Morgan fingerprint density at radius 1 is 1.07 bits per heavy atom. The maximum atomic E-state index is 13.8. The average molecular weight is 374 g/mol. The molecule has 0 saturated carbocycles. The number of pyridine rings is 2. The van der Waals surface area contributed by atoms with Gasteiger partial charge in [-0.15, -0.1) is 0 Å². The van der Waals surface area contributed by atoms with Crippen LogP contribution < -0.4 is 4.74 Å². The summed E-state index contributed by atoms with van der Waals surface area (Å²) in [5.41, 5.74) is 4.42. The van der Waals surface area contributed by atoms with E-state index in [1.165, 1.54) is 6.20 Å². The molecule has 5 aromatic rings. The number of fused-ring (bicyclic) bond motifs is 2. The van der Waals surface area contributed by atoms with Crippen LogP contribution in [0.25, 0.3) is 33.5 Å². The highest BCUT2D eigenvalue weighted by atomic mass is 19.1. The zero-order chi connectivity index (χ0) is 19.3. The largest absolute Gasteiger partial charge is 0.425 e. The number of hydrogen-bond donors (Lipinski definition) is 1. The van der Waals surface area contributed by atoms with E-state index in [2.05, 4.69) is 25.1 Å². The molecule has 0 amide bonds. The summed E-state index contributed by atoms with van der Waals surface area (Å²) in [6.45, 7) is 1.68. The highest BCUT2D eigenvalue weighted by Crippen LogP contribution is 2.36. The number of benzene rings is 1. The van der Waals surface area contributed by atoms with Gasteiger partial charge in [0, 0.05) is 24.4 Å². The second-order valence-corrected chi connectivity index (χ2v) is 6.42. The van der Waals surface area contributed by atoms with Gasteiger partial charge in [0.25, 0.3) is 0 Å². The molecule has 5 rings (SSSR count). The van der Waals surface area contributed by atoms with Gasteiger partial charge in [-0.05, 0) is 31.2 Å². The van der Waals surface area contributed by atoms with Gasteiger partial charge in [-0.25, -0.2) is 14.4 Å². The van der Waals surface area contributed by atoms with Crippen molar-refractivity contribution in [3.63, 3.8) is 0 Å². The van der Waals surface area contributed by atoms with E-state index >= 15 is 0 Å². The minimum Gasteiger partial charge on any atom is -0.425 e. The third-order valence-electron chi connectivity index (χ3n) is 4.71. The summed E-state index contributed by atoms with van der Waals surface area (Å²) in [7, 11) is 1.85. The normalized spacial score (nSPS) is 11.4. The van der Waals surface area contributed by atoms with E-state index in [9.17, 15) is 4.39 Å². The molecule has 0 atom stereocenters. The molecule has 1 N–H and O–H groups in total. The first-order chi connectivity index (χ1) is 13.6. The number of aromatic amines is 1. The van der Waals surface area contributed by atoms with Crippen LogP contribution in [0.5, 0.6) is 11.8 Å². The van der Waals surface area contributed by atoms with Gasteiger partial charge < -0.3 is 4.74 Å². The summed E-state index contributed by atoms with van der Waals surface area (Å²) >= 11 is 0. The van der Waals surface area contributed by atoms with Crippen LogP contribution in [0.4, 0.5) is 4.39 Å². The van der Waals surface area contributed by atoms with Crippen LogP contribution in [0.3, 0.4) is 0 Å². The van der Waals surface area contributed by atoms with Crippen molar-refractivity contribution >= 4 is 22.2 Å². The summed E-state index contributed by atoms with van der Waals surface area (Å²) in [4.78, 5) is 13.1. The first-order valence-corrected chi connectivity index (χ1v) is 8.67. The summed E-state index contributed by atoms with van der Waals surface area (Å²) in [5, 5.41) is 7.21. The van der Waals surface area contributed by atoms with Gasteiger partial charge in [0.2, 0.25) is 0 Å². The van der Waals surface area contributed by atoms with Crippen LogP contribution in [-0.2, 0) is 7.05 Å². The number of nitrogens with zero attached hydrogens (tertiary/aromatic N) is 5. The van der Waals surface area contributed by atoms with Crippen molar-refractivity contribution in [2.24, 2.45) is 7.05 Å². The number of rotatable bonds is 3. The highest BCUT2D eigenvalue weighted by Gasteiger charge is 2.18. The molecule has 0 spiro atoms. The van der Waals surface area contributed by atoms with Crippen molar-refractivity contribution < 1.29 is 9.13 Å². The van der Waals surface area contributed by atoms with E-state index in [4.69, 9.17) is 4.74 Å². The SMILES string of the molecule is Cc1c(F)cnc2c(-c3ccccc3Oc3nc4cccnc4n3C)[nH]nc12. The van der Waals surface area contributed by atoms with Gasteiger partial charge in [0.05, 0.1) is 11.9 Å².